The van der Waals surface area contributed by atoms with Crippen LogP contribution in [0.1, 0.15) is 36.0 Å². The molecular weight excluding hydrogens is 300 g/mol. The first-order valence-corrected chi connectivity index (χ1v) is 8.31. The first kappa shape index (κ1) is 14.9. The molecule has 3 rings (SSSR count). The zero-order chi connectivity index (χ0) is 15.5. The lowest BCUT2D eigenvalue weighted by molar-refractivity contribution is -0.116. The number of fused-ring (bicyclic) bond motifs is 1. The summed E-state index contributed by atoms with van der Waals surface area (Å²) in [5.74, 6) is -0.251. The molecule has 0 spiro atoms. The summed E-state index contributed by atoms with van der Waals surface area (Å²) in [5, 5.41) is 3.41. The monoisotopic (exact) mass is 318 g/mol. The standard InChI is InChI=1S/C15H18N4O2S/c1-2-10-7-14(21)19(9-16-10)8-13(20)18-15-17-11-5-3-4-6-12(11)22-15/h7,9H,2-6,8H2,1H3,(H,17,18,20). The van der Waals surface area contributed by atoms with Gasteiger partial charge >= 0.3 is 0 Å². The van der Waals surface area contributed by atoms with Crippen molar-refractivity contribution in [3.05, 3.63) is 39.0 Å². The molecule has 2 aromatic heterocycles. The van der Waals surface area contributed by atoms with Crippen LogP contribution in [0.25, 0.3) is 0 Å². The molecule has 1 aliphatic carbocycles. The zero-order valence-electron chi connectivity index (χ0n) is 12.5. The molecule has 22 heavy (non-hydrogen) atoms. The molecule has 116 valence electrons. The van der Waals surface area contributed by atoms with Gasteiger partial charge in [0.1, 0.15) is 6.54 Å². The second kappa shape index (κ2) is 6.39. The van der Waals surface area contributed by atoms with Crippen LogP contribution in [0.15, 0.2) is 17.2 Å². The zero-order valence-corrected chi connectivity index (χ0v) is 13.3. The maximum absolute atomic E-state index is 12.1. The van der Waals surface area contributed by atoms with E-state index >= 15 is 0 Å². The second-order valence-electron chi connectivity index (χ2n) is 5.34. The Morgan fingerprint density at radius 1 is 1.41 bits per heavy atom. The van der Waals surface area contributed by atoms with Crippen LogP contribution in [-0.2, 0) is 30.6 Å². The SMILES string of the molecule is CCc1cc(=O)n(CC(=O)Nc2nc3c(s2)CCCC3)cn1. The molecule has 1 N–H and O–H groups in total. The Kier molecular flexibility index (Phi) is 4.33. The molecule has 0 saturated carbocycles. The quantitative estimate of drug-likeness (QED) is 0.932. The van der Waals surface area contributed by atoms with Crippen LogP contribution >= 0.6 is 11.3 Å². The van der Waals surface area contributed by atoms with Gasteiger partial charge in [-0.05, 0) is 32.1 Å². The molecule has 6 nitrogen and oxygen atoms in total. The summed E-state index contributed by atoms with van der Waals surface area (Å²) in [4.78, 5) is 33.8. The fraction of sp³-hybridized carbons (Fsp3) is 0.467. The number of thiazole rings is 1. The minimum atomic E-state index is -0.251. The third-order valence-corrected chi connectivity index (χ3v) is 4.78. The van der Waals surface area contributed by atoms with Crippen molar-refractivity contribution in [2.45, 2.75) is 45.6 Å². The van der Waals surface area contributed by atoms with Crippen molar-refractivity contribution in [1.82, 2.24) is 14.5 Å². The summed E-state index contributed by atoms with van der Waals surface area (Å²) in [7, 11) is 0. The van der Waals surface area contributed by atoms with Gasteiger partial charge < -0.3 is 5.32 Å². The van der Waals surface area contributed by atoms with Gasteiger partial charge in [0, 0.05) is 16.6 Å². The average molecular weight is 318 g/mol. The Balaban J connectivity index is 1.67. The van der Waals surface area contributed by atoms with Gasteiger partial charge in [-0.2, -0.15) is 0 Å². The molecule has 2 heterocycles. The van der Waals surface area contributed by atoms with Gasteiger partial charge in [0.25, 0.3) is 5.56 Å². The summed E-state index contributed by atoms with van der Waals surface area (Å²) >= 11 is 1.54. The molecule has 0 radical (unpaired) electrons. The molecule has 0 aromatic carbocycles. The van der Waals surface area contributed by atoms with Gasteiger partial charge in [0.15, 0.2) is 5.13 Å². The van der Waals surface area contributed by atoms with Crippen molar-refractivity contribution >= 4 is 22.4 Å². The smallest absolute Gasteiger partial charge is 0.253 e. The lowest BCUT2D eigenvalue weighted by Gasteiger charge is -2.06. The predicted octanol–water partition coefficient (Wildman–Crippen LogP) is 1.78. The van der Waals surface area contributed by atoms with Gasteiger partial charge in [-0.1, -0.05) is 6.92 Å². The number of hydrogen-bond donors (Lipinski definition) is 1. The van der Waals surface area contributed by atoms with E-state index in [2.05, 4.69) is 15.3 Å². The topological polar surface area (TPSA) is 76.9 Å². The van der Waals surface area contributed by atoms with E-state index in [4.69, 9.17) is 0 Å². The lowest BCUT2D eigenvalue weighted by atomic mass is 10.0. The summed E-state index contributed by atoms with van der Waals surface area (Å²) in [6.45, 7) is 1.89. The van der Waals surface area contributed by atoms with E-state index in [-0.39, 0.29) is 18.0 Å². The summed E-state index contributed by atoms with van der Waals surface area (Å²) in [5.41, 5.74) is 1.63. The molecule has 0 fully saturated rings. The van der Waals surface area contributed by atoms with Crippen molar-refractivity contribution in [3.63, 3.8) is 0 Å². The number of nitrogens with one attached hydrogen (secondary N) is 1. The molecule has 0 atom stereocenters. The van der Waals surface area contributed by atoms with E-state index in [0.29, 0.717) is 11.6 Å². The first-order valence-electron chi connectivity index (χ1n) is 7.49. The Morgan fingerprint density at radius 2 is 2.23 bits per heavy atom. The molecule has 0 aliphatic heterocycles. The number of amides is 1. The largest absolute Gasteiger partial charge is 0.300 e. The molecule has 1 aliphatic rings. The highest BCUT2D eigenvalue weighted by Crippen LogP contribution is 2.29. The molecule has 2 aromatic rings. The van der Waals surface area contributed by atoms with E-state index in [0.717, 1.165) is 30.7 Å². The number of rotatable bonds is 4. The Morgan fingerprint density at radius 3 is 2.95 bits per heavy atom. The van der Waals surface area contributed by atoms with Gasteiger partial charge in [-0.15, -0.1) is 11.3 Å². The number of carbonyl (C=O) groups excluding carboxylic acids is 1. The normalized spacial score (nSPS) is 13.7. The van der Waals surface area contributed by atoms with Crippen molar-refractivity contribution in [1.29, 1.82) is 0 Å². The summed E-state index contributed by atoms with van der Waals surface area (Å²) in [6.07, 6.45) is 6.51. The van der Waals surface area contributed by atoms with Crippen LogP contribution in [0.4, 0.5) is 5.13 Å². The maximum atomic E-state index is 12.1. The minimum Gasteiger partial charge on any atom is -0.300 e. The first-order chi connectivity index (χ1) is 10.7. The number of hydrogen-bond acceptors (Lipinski definition) is 5. The van der Waals surface area contributed by atoms with E-state index in [1.807, 2.05) is 6.92 Å². The molecule has 7 heteroatoms. The van der Waals surface area contributed by atoms with Gasteiger partial charge in [0.2, 0.25) is 5.91 Å². The van der Waals surface area contributed by atoms with Crippen molar-refractivity contribution < 1.29 is 4.79 Å². The van der Waals surface area contributed by atoms with E-state index in [1.165, 1.54) is 39.6 Å². The Bertz CT molecular complexity index is 727. The van der Waals surface area contributed by atoms with Gasteiger partial charge in [-0.25, -0.2) is 9.97 Å². The maximum Gasteiger partial charge on any atom is 0.253 e. The highest BCUT2D eigenvalue weighted by atomic mass is 32.1. The number of aryl methyl sites for hydroxylation is 3. The highest BCUT2D eigenvalue weighted by Gasteiger charge is 2.16. The van der Waals surface area contributed by atoms with Crippen molar-refractivity contribution in [2.24, 2.45) is 0 Å². The van der Waals surface area contributed by atoms with Crippen LogP contribution in [-0.4, -0.2) is 20.4 Å². The Hall–Kier alpha value is -2.02. The number of nitrogens with zero attached hydrogens (tertiary/aromatic N) is 3. The van der Waals surface area contributed by atoms with Crippen molar-refractivity contribution in [3.8, 4) is 0 Å². The van der Waals surface area contributed by atoms with E-state index < -0.39 is 0 Å². The van der Waals surface area contributed by atoms with Gasteiger partial charge in [0.05, 0.1) is 12.0 Å². The van der Waals surface area contributed by atoms with Crippen molar-refractivity contribution in [2.75, 3.05) is 5.32 Å². The molecule has 1 amide bonds. The lowest BCUT2D eigenvalue weighted by Crippen LogP contribution is -2.27. The average Bonchev–Trinajstić information content (AvgIpc) is 2.91. The van der Waals surface area contributed by atoms with E-state index in [1.54, 1.807) is 0 Å². The fourth-order valence-electron chi connectivity index (χ4n) is 2.49. The third-order valence-electron chi connectivity index (χ3n) is 3.70. The fourth-order valence-corrected chi connectivity index (χ4v) is 3.56. The van der Waals surface area contributed by atoms with Gasteiger partial charge in [-0.3, -0.25) is 14.2 Å². The van der Waals surface area contributed by atoms with Crippen LogP contribution < -0.4 is 10.9 Å². The number of carbonyl (C=O) groups is 1. The number of aromatic nitrogens is 3. The molecule has 0 bridgehead atoms. The molecule has 0 saturated heterocycles. The molecular formula is C15H18N4O2S. The predicted molar refractivity (Wildman–Crippen MR) is 85.3 cm³/mol. The van der Waals surface area contributed by atoms with Crippen LogP contribution in [0.3, 0.4) is 0 Å². The van der Waals surface area contributed by atoms with Crippen LogP contribution in [0.2, 0.25) is 0 Å². The second-order valence-corrected chi connectivity index (χ2v) is 6.43. The summed E-state index contributed by atoms with van der Waals surface area (Å²) in [6, 6.07) is 1.47. The third kappa shape index (κ3) is 3.24. The summed E-state index contributed by atoms with van der Waals surface area (Å²) < 4.78 is 1.31. The van der Waals surface area contributed by atoms with E-state index in [9.17, 15) is 9.59 Å². The van der Waals surface area contributed by atoms with Crippen LogP contribution in [0.5, 0.6) is 0 Å². The highest BCUT2D eigenvalue weighted by molar-refractivity contribution is 7.15. The molecule has 0 unspecified atom stereocenters. The van der Waals surface area contributed by atoms with Crippen LogP contribution in [0, 0.1) is 0 Å². The minimum absolute atomic E-state index is 0.0416. The Labute approximate surface area is 132 Å². The number of anilines is 1.